The highest BCUT2D eigenvalue weighted by Crippen LogP contribution is 2.14. The Hall–Kier alpha value is -2.76. The molecule has 0 unspecified atom stereocenters. The topological polar surface area (TPSA) is 86.3 Å². The number of carbonyl (C=O) groups is 2. The molecule has 116 valence electrons. The number of aromatic nitrogens is 1. The Bertz CT molecular complexity index is 670. The van der Waals surface area contributed by atoms with Gasteiger partial charge in [-0.2, -0.15) is 0 Å². The van der Waals surface area contributed by atoms with Crippen LogP contribution in [0.4, 0.5) is 0 Å². The van der Waals surface area contributed by atoms with Crippen LogP contribution in [0.25, 0.3) is 0 Å². The molecule has 1 aromatic heterocycles. The van der Waals surface area contributed by atoms with Crippen molar-refractivity contribution in [2.75, 3.05) is 5.43 Å². The minimum Gasteiger partial charge on any atom is -0.481 e. The summed E-state index contributed by atoms with van der Waals surface area (Å²) in [4.78, 5) is 23.2. The third kappa shape index (κ3) is 3.46. The van der Waals surface area contributed by atoms with Gasteiger partial charge in [0, 0.05) is 17.0 Å². The number of carbonyl (C=O) groups excluding carboxylic acids is 2. The van der Waals surface area contributed by atoms with Crippen molar-refractivity contribution in [3.63, 3.8) is 0 Å². The van der Waals surface area contributed by atoms with Crippen LogP contribution in [0.15, 0.2) is 36.4 Å². The van der Waals surface area contributed by atoms with Gasteiger partial charge in [-0.25, -0.2) is 0 Å². The molecule has 3 N–H and O–H groups in total. The van der Waals surface area contributed by atoms with E-state index in [1.165, 1.54) is 0 Å². The van der Waals surface area contributed by atoms with Crippen molar-refractivity contribution >= 4 is 11.8 Å². The summed E-state index contributed by atoms with van der Waals surface area (Å²) in [6.07, 6.45) is -0.718. The van der Waals surface area contributed by atoms with Gasteiger partial charge in [-0.1, -0.05) is 0 Å². The number of aryl methyl sites for hydroxylation is 2. The van der Waals surface area contributed by atoms with Crippen molar-refractivity contribution in [1.29, 1.82) is 0 Å². The number of hydrogen-bond donors (Lipinski definition) is 2. The Morgan fingerprint density at radius 3 is 2.14 bits per heavy atom. The summed E-state index contributed by atoms with van der Waals surface area (Å²) in [7, 11) is 0. The molecule has 0 bridgehead atoms. The van der Waals surface area contributed by atoms with Crippen LogP contribution in [0.2, 0.25) is 0 Å². The molecule has 0 saturated carbocycles. The summed E-state index contributed by atoms with van der Waals surface area (Å²) < 4.78 is 7.07. The Kier molecular flexibility index (Phi) is 4.50. The normalized spacial score (nSPS) is 11.8. The first-order valence-corrected chi connectivity index (χ1v) is 6.91. The molecule has 6 nitrogen and oxygen atoms in total. The molecule has 1 aromatic carbocycles. The van der Waals surface area contributed by atoms with E-state index < -0.39 is 12.0 Å². The van der Waals surface area contributed by atoms with Gasteiger partial charge in [-0.15, -0.1) is 0 Å². The highest BCUT2D eigenvalue weighted by atomic mass is 16.5. The molecule has 2 aromatic rings. The molecule has 0 fully saturated rings. The Balaban J connectivity index is 2.07. The van der Waals surface area contributed by atoms with Crippen LogP contribution in [0.3, 0.4) is 0 Å². The standard InChI is InChI=1S/C16H19N3O3/c1-10-4-5-11(2)19(10)18-16(21)13-6-8-14(9-7-13)22-12(3)15(17)20/h4-9,12H,1-3H3,(H2,17,20)(H,18,21)/t12-/m0/s1. The first-order chi connectivity index (χ1) is 10.4. The van der Waals surface area contributed by atoms with Crippen molar-refractivity contribution in [2.45, 2.75) is 26.9 Å². The minimum atomic E-state index is -0.718. The van der Waals surface area contributed by atoms with Gasteiger partial charge in [0.25, 0.3) is 11.8 Å². The van der Waals surface area contributed by atoms with E-state index in [-0.39, 0.29) is 5.91 Å². The van der Waals surface area contributed by atoms with Crippen LogP contribution in [0.1, 0.15) is 28.7 Å². The van der Waals surface area contributed by atoms with Gasteiger partial charge in [0.1, 0.15) is 5.75 Å². The lowest BCUT2D eigenvalue weighted by atomic mass is 10.2. The highest BCUT2D eigenvalue weighted by Gasteiger charge is 2.12. The first-order valence-electron chi connectivity index (χ1n) is 6.91. The molecule has 6 heteroatoms. The zero-order valence-electron chi connectivity index (χ0n) is 12.8. The van der Waals surface area contributed by atoms with E-state index in [0.717, 1.165) is 11.4 Å². The molecule has 1 heterocycles. The van der Waals surface area contributed by atoms with E-state index in [9.17, 15) is 9.59 Å². The van der Waals surface area contributed by atoms with E-state index in [0.29, 0.717) is 11.3 Å². The fourth-order valence-electron chi connectivity index (χ4n) is 1.96. The Morgan fingerprint density at radius 2 is 1.64 bits per heavy atom. The lowest BCUT2D eigenvalue weighted by Crippen LogP contribution is -2.30. The van der Waals surface area contributed by atoms with E-state index >= 15 is 0 Å². The van der Waals surface area contributed by atoms with Crippen molar-refractivity contribution < 1.29 is 14.3 Å². The lowest BCUT2D eigenvalue weighted by Gasteiger charge is -2.13. The number of nitrogens with two attached hydrogens (primary N) is 1. The Morgan fingerprint density at radius 1 is 1.09 bits per heavy atom. The minimum absolute atomic E-state index is 0.225. The molecule has 22 heavy (non-hydrogen) atoms. The smallest absolute Gasteiger partial charge is 0.270 e. The summed E-state index contributed by atoms with van der Waals surface area (Å²) in [5, 5.41) is 0. The molecule has 1 atom stereocenters. The molecular formula is C16H19N3O3. The highest BCUT2D eigenvalue weighted by molar-refractivity contribution is 6.00. The number of nitrogens with one attached hydrogen (secondary N) is 1. The predicted octanol–water partition coefficient (Wildman–Crippen LogP) is 1.74. The Labute approximate surface area is 128 Å². The molecule has 0 spiro atoms. The number of rotatable bonds is 5. The monoisotopic (exact) mass is 301 g/mol. The van der Waals surface area contributed by atoms with E-state index in [2.05, 4.69) is 5.43 Å². The fraction of sp³-hybridized carbons (Fsp3) is 0.250. The summed E-state index contributed by atoms with van der Waals surface area (Å²) in [6.45, 7) is 5.39. The van der Waals surface area contributed by atoms with Crippen molar-refractivity contribution in [2.24, 2.45) is 5.73 Å². The zero-order chi connectivity index (χ0) is 16.3. The predicted molar refractivity (Wildman–Crippen MR) is 83.3 cm³/mol. The third-order valence-corrected chi connectivity index (χ3v) is 3.31. The fourth-order valence-corrected chi connectivity index (χ4v) is 1.96. The van der Waals surface area contributed by atoms with Gasteiger partial charge < -0.3 is 10.5 Å². The van der Waals surface area contributed by atoms with Crippen molar-refractivity contribution in [3.8, 4) is 5.75 Å². The van der Waals surface area contributed by atoms with Crippen LogP contribution < -0.4 is 15.9 Å². The molecule has 2 amide bonds. The van der Waals surface area contributed by atoms with Gasteiger partial charge in [-0.05, 0) is 57.2 Å². The molecular weight excluding hydrogens is 282 g/mol. The van der Waals surface area contributed by atoms with Crippen molar-refractivity contribution in [3.05, 3.63) is 53.3 Å². The third-order valence-electron chi connectivity index (χ3n) is 3.31. The van der Waals surface area contributed by atoms with Gasteiger partial charge in [0.05, 0.1) is 0 Å². The second kappa shape index (κ2) is 6.34. The molecule has 0 aliphatic carbocycles. The van der Waals surface area contributed by atoms with Gasteiger partial charge >= 0.3 is 0 Å². The maximum Gasteiger partial charge on any atom is 0.270 e. The second-order valence-corrected chi connectivity index (χ2v) is 5.08. The molecule has 0 saturated heterocycles. The van der Waals surface area contributed by atoms with Gasteiger partial charge in [0.15, 0.2) is 6.10 Å². The zero-order valence-corrected chi connectivity index (χ0v) is 12.8. The van der Waals surface area contributed by atoms with Gasteiger partial charge in [0.2, 0.25) is 0 Å². The lowest BCUT2D eigenvalue weighted by molar-refractivity contribution is -0.123. The number of nitrogens with zero attached hydrogens (tertiary/aromatic N) is 1. The number of hydrogen-bond acceptors (Lipinski definition) is 3. The van der Waals surface area contributed by atoms with Crippen LogP contribution >= 0.6 is 0 Å². The maximum absolute atomic E-state index is 12.2. The molecule has 0 radical (unpaired) electrons. The largest absolute Gasteiger partial charge is 0.481 e. The summed E-state index contributed by atoms with van der Waals surface area (Å²) >= 11 is 0. The number of benzene rings is 1. The average Bonchev–Trinajstić information content (AvgIpc) is 2.79. The van der Waals surface area contributed by atoms with Crippen LogP contribution in [0, 0.1) is 13.8 Å². The van der Waals surface area contributed by atoms with Crippen LogP contribution in [0.5, 0.6) is 5.75 Å². The van der Waals surface area contributed by atoms with E-state index in [1.54, 1.807) is 35.9 Å². The average molecular weight is 301 g/mol. The van der Waals surface area contributed by atoms with Crippen molar-refractivity contribution in [1.82, 2.24) is 4.68 Å². The molecule has 2 rings (SSSR count). The van der Waals surface area contributed by atoms with E-state index in [4.69, 9.17) is 10.5 Å². The first kappa shape index (κ1) is 15.6. The van der Waals surface area contributed by atoms with Crippen LogP contribution in [-0.2, 0) is 4.79 Å². The number of amides is 2. The quantitative estimate of drug-likeness (QED) is 0.882. The van der Waals surface area contributed by atoms with E-state index in [1.807, 2.05) is 26.0 Å². The summed E-state index contributed by atoms with van der Waals surface area (Å²) in [5.41, 5.74) is 10.3. The summed E-state index contributed by atoms with van der Waals surface area (Å²) in [6, 6.07) is 10.4. The van der Waals surface area contributed by atoms with Crippen LogP contribution in [-0.4, -0.2) is 22.6 Å². The molecule has 0 aliphatic heterocycles. The second-order valence-electron chi connectivity index (χ2n) is 5.08. The SMILES string of the molecule is Cc1ccc(C)n1NC(=O)c1ccc(O[C@@H](C)C(N)=O)cc1. The number of ether oxygens (including phenoxy) is 1. The maximum atomic E-state index is 12.2. The number of primary amides is 1. The van der Waals surface area contributed by atoms with Gasteiger partial charge in [-0.3, -0.25) is 19.7 Å². The molecule has 0 aliphatic rings. The summed E-state index contributed by atoms with van der Waals surface area (Å²) in [5.74, 6) is -0.284.